The van der Waals surface area contributed by atoms with Gasteiger partial charge in [-0.3, -0.25) is 20.2 Å². The van der Waals surface area contributed by atoms with E-state index in [4.69, 9.17) is 19.8 Å². The van der Waals surface area contributed by atoms with E-state index in [0.717, 1.165) is 29.8 Å². The van der Waals surface area contributed by atoms with Gasteiger partial charge < -0.3 is 20.0 Å². The predicted molar refractivity (Wildman–Crippen MR) is 119 cm³/mol. The maximum atomic E-state index is 11.6. The van der Waals surface area contributed by atoms with Gasteiger partial charge in [-0.15, -0.1) is 0 Å². The van der Waals surface area contributed by atoms with E-state index in [2.05, 4.69) is 4.90 Å². The molecule has 2 aromatic rings. The summed E-state index contributed by atoms with van der Waals surface area (Å²) in [6, 6.07) is 9.90. The van der Waals surface area contributed by atoms with Crippen LogP contribution in [0.4, 0.5) is 22.7 Å². The highest BCUT2D eigenvalue weighted by molar-refractivity contribution is 6.27. The van der Waals surface area contributed by atoms with Crippen LogP contribution in [-0.4, -0.2) is 64.1 Å². The van der Waals surface area contributed by atoms with Gasteiger partial charge in [0.2, 0.25) is 0 Å². The van der Waals surface area contributed by atoms with Crippen LogP contribution < -0.4 is 4.90 Å². The normalized spacial score (nSPS) is 12.0. The van der Waals surface area contributed by atoms with Crippen LogP contribution in [0.1, 0.15) is 17.5 Å². The van der Waals surface area contributed by atoms with Gasteiger partial charge in [-0.25, -0.2) is 9.59 Å². The topological polar surface area (TPSA) is 167 Å². The highest BCUT2D eigenvalue weighted by atomic mass is 16.6. The molecule has 0 amide bonds. The molecule has 176 valence electrons. The van der Waals surface area contributed by atoms with Gasteiger partial charge in [0.05, 0.1) is 9.85 Å². The van der Waals surface area contributed by atoms with E-state index in [0.29, 0.717) is 25.1 Å². The lowest BCUT2D eigenvalue weighted by Gasteiger charge is -2.27. The number of anilines is 2. The molecule has 0 radical (unpaired) electrons. The van der Waals surface area contributed by atoms with Crippen molar-refractivity contribution in [2.45, 2.75) is 19.3 Å². The molecule has 3 rings (SSSR count). The molecule has 0 saturated carbocycles. The Balaban J connectivity index is 0.000000569. The fraction of sp³-hybridized carbons (Fsp3) is 0.333. The van der Waals surface area contributed by atoms with Gasteiger partial charge >= 0.3 is 11.9 Å². The molecule has 1 aliphatic rings. The van der Waals surface area contributed by atoms with Crippen molar-refractivity contribution >= 4 is 34.7 Å². The zero-order valence-electron chi connectivity index (χ0n) is 18.1. The van der Waals surface area contributed by atoms with E-state index < -0.39 is 16.9 Å². The molecule has 0 spiro atoms. The molecule has 0 bridgehead atoms. The molecular formula is C21H24N4O8. The second-order valence-electron chi connectivity index (χ2n) is 7.53. The van der Waals surface area contributed by atoms with Crippen molar-refractivity contribution in [3.8, 4) is 0 Å². The number of para-hydroxylation sites is 1. The van der Waals surface area contributed by atoms with E-state index >= 15 is 0 Å². The molecule has 0 aromatic heterocycles. The molecule has 12 nitrogen and oxygen atoms in total. The second kappa shape index (κ2) is 11.0. The number of carbonyl (C=O) groups is 2. The quantitative estimate of drug-likeness (QED) is 0.371. The van der Waals surface area contributed by atoms with Crippen molar-refractivity contribution in [1.82, 2.24) is 4.90 Å². The molecule has 2 aromatic carbocycles. The lowest BCUT2D eigenvalue weighted by molar-refractivity contribution is -0.384. The van der Waals surface area contributed by atoms with Crippen LogP contribution in [0.3, 0.4) is 0 Å². The first kappa shape index (κ1) is 25.2. The van der Waals surface area contributed by atoms with Crippen LogP contribution in [0, 0.1) is 20.2 Å². The fourth-order valence-electron chi connectivity index (χ4n) is 3.55. The van der Waals surface area contributed by atoms with Crippen LogP contribution in [0.25, 0.3) is 0 Å². The molecule has 2 N–H and O–H groups in total. The minimum atomic E-state index is -1.82. The number of non-ortho nitro benzene ring substituents is 1. The monoisotopic (exact) mass is 460 g/mol. The Morgan fingerprint density at radius 1 is 1.00 bits per heavy atom. The highest BCUT2D eigenvalue weighted by Crippen LogP contribution is 2.42. The van der Waals surface area contributed by atoms with Gasteiger partial charge in [0.25, 0.3) is 11.4 Å². The molecule has 12 heteroatoms. The smallest absolute Gasteiger partial charge is 0.414 e. The number of benzene rings is 2. The summed E-state index contributed by atoms with van der Waals surface area (Å²) in [6.45, 7) is 1.44. The van der Waals surface area contributed by atoms with Crippen molar-refractivity contribution in [3.63, 3.8) is 0 Å². The molecular weight excluding hydrogens is 436 g/mol. The minimum absolute atomic E-state index is 0.0439. The standard InChI is InChI=1S/C19H22N4O4.C2H2O4/c1-20(2)11-4-12-21-17-10-9-16(22(24)25)13-15(17)8-7-14-5-3-6-18(19(14)21)23(26)27;3-1(4)2(5)6/h3,5-6,9-10,13H,4,7-8,11-12H2,1-2H3;(H,3,4)(H,5,6). The number of rotatable bonds is 6. The average molecular weight is 460 g/mol. The number of nitrogens with zero attached hydrogens (tertiary/aromatic N) is 4. The van der Waals surface area contributed by atoms with Crippen LogP contribution in [-0.2, 0) is 22.4 Å². The third-order valence-corrected chi connectivity index (χ3v) is 4.96. The van der Waals surface area contributed by atoms with E-state index in [-0.39, 0.29) is 16.3 Å². The summed E-state index contributed by atoms with van der Waals surface area (Å²) in [7, 11) is 3.96. The molecule has 1 heterocycles. The van der Waals surface area contributed by atoms with Crippen molar-refractivity contribution in [3.05, 3.63) is 67.8 Å². The molecule has 1 aliphatic heterocycles. The largest absolute Gasteiger partial charge is 0.473 e. The van der Waals surface area contributed by atoms with Gasteiger partial charge in [-0.2, -0.15) is 0 Å². The van der Waals surface area contributed by atoms with E-state index in [9.17, 15) is 20.2 Å². The molecule has 0 unspecified atom stereocenters. The van der Waals surface area contributed by atoms with E-state index in [1.165, 1.54) is 12.1 Å². The Morgan fingerprint density at radius 2 is 1.64 bits per heavy atom. The molecule has 0 atom stereocenters. The Labute approximate surface area is 189 Å². The second-order valence-corrected chi connectivity index (χ2v) is 7.53. The van der Waals surface area contributed by atoms with Crippen molar-refractivity contribution in [2.75, 3.05) is 32.1 Å². The molecule has 33 heavy (non-hydrogen) atoms. The van der Waals surface area contributed by atoms with Gasteiger partial charge in [0, 0.05) is 30.4 Å². The number of hydrogen-bond acceptors (Lipinski definition) is 8. The number of nitro benzene ring substituents is 2. The SMILES string of the molecule is CN(C)CCCN1c2ccc([N+](=O)[O-])cc2CCc2cccc([N+](=O)[O-])c21.O=C(O)C(=O)O. The fourth-order valence-corrected chi connectivity index (χ4v) is 3.55. The lowest BCUT2D eigenvalue weighted by atomic mass is 10.0. The zero-order valence-corrected chi connectivity index (χ0v) is 18.1. The first-order valence-electron chi connectivity index (χ1n) is 9.95. The van der Waals surface area contributed by atoms with Gasteiger partial charge in [-0.05, 0) is 57.1 Å². The van der Waals surface area contributed by atoms with E-state index in [1.807, 2.05) is 25.1 Å². The van der Waals surface area contributed by atoms with Gasteiger partial charge in [-0.1, -0.05) is 12.1 Å². The van der Waals surface area contributed by atoms with Gasteiger partial charge in [0.15, 0.2) is 0 Å². The summed E-state index contributed by atoms with van der Waals surface area (Å²) < 4.78 is 0. The minimum Gasteiger partial charge on any atom is -0.473 e. The van der Waals surface area contributed by atoms with Gasteiger partial charge in [0.1, 0.15) is 5.69 Å². The summed E-state index contributed by atoms with van der Waals surface area (Å²) in [5, 5.41) is 37.6. The average Bonchev–Trinajstić information content (AvgIpc) is 2.90. The Kier molecular flexibility index (Phi) is 8.40. The van der Waals surface area contributed by atoms with Crippen molar-refractivity contribution < 1.29 is 29.6 Å². The van der Waals surface area contributed by atoms with Crippen LogP contribution in [0.5, 0.6) is 0 Å². The lowest BCUT2D eigenvalue weighted by Crippen LogP contribution is -2.24. The molecule has 0 fully saturated rings. The van der Waals surface area contributed by atoms with Crippen molar-refractivity contribution in [1.29, 1.82) is 0 Å². The number of nitro groups is 2. The summed E-state index contributed by atoms with van der Waals surface area (Å²) in [4.78, 5) is 44.3. The Hall–Kier alpha value is -4.06. The summed E-state index contributed by atoms with van der Waals surface area (Å²) in [6.07, 6.45) is 2.03. The first-order valence-corrected chi connectivity index (χ1v) is 9.95. The number of hydrogen-bond donors (Lipinski definition) is 2. The Morgan fingerprint density at radius 3 is 2.18 bits per heavy atom. The number of aryl methyl sites for hydroxylation is 2. The third-order valence-electron chi connectivity index (χ3n) is 4.96. The first-order chi connectivity index (χ1) is 15.5. The number of carboxylic acid groups (broad SMARTS) is 2. The van der Waals surface area contributed by atoms with Crippen molar-refractivity contribution in [2.24, 2.45) is 0 Å². The third kappa shape index (κ3) is 6.46. The number of aliphatic carboxylic acids is 2. The van der Waals surface area contributed by atoms with Crippen LogP contribution >= 0.6 is 0 Å². The molecule has 0 aliphatic carbocycles. The van der Waals surface area contributed by atoms with Crippen LogP contribution in [0.15, 0.2) is 36.4 Å². The summed E-state index contributed by atoms with van der Waals surface area (Å²) in [5.41, 5.74) is 3.28. The maximum Gasteiger partial charge on any atom is 0.414 e. The molecule has 0 saturated heterocycles. The predicted octanol–water partition coefficient (Wildman–Crippen LogP) is 2.85. The number of fused-ring (bicyclic) bond motifs is 2. The maximum absolute atomic E-state index is 11.6. The highest BCUT2D eigenvalue weighted by Gasteiger charge is 2.28. The zero-order chi connectivity index (χ0) is 24.7. The van der Waals surface area contributed by atoms with E-state index in [1.54, 1.807) is 18.2 Å². The van der Waals surface area contributed by atoms with Crippen LogP contribution in [0.2, 0.25) is 0 Å². The summed E-state index contributed by atoms with van der Waals surface area (Å²) >= 11 is 0. The Bertz CT molecular complexity index is 1060. The number of carboxylic acids is 2. The summed E-state index contributed by atoms with van der Waals surface area (Å²) in [5.74, 6) is -3.65.